The number of esters is 1. The van der Waals surface area contributed by atoms with Crippen LogP contribution in [0.1, 0.15) is 28.4 Å². The molecule has 2 aromatic carbocycles. The standard InChI is InChI=1S/C18H15IO3/c1-11-9-14(13-5-3-4-6-16(13)19)15-10-12(18(20)21-2)7-8-17(15)22-11/h3-11H,1-2H3. The minimum atomic E-state index is -0.344. The highest BCUT2D eigenvalue weighted by atomic mass is 127. The fraction of sp³-hybridized carbons (Fsp3) is 0.167. The Morgan fingerprint density at radius 1 is 1.18 bits per heavy atom. The second kappa shape index (κ2) is 6.12. The second-order valence-corrected chi connectivity index (χ2v) is 6.25. The molecular weight excluding hydrogens is 391 g/mol. The van der Waals surface area contributed by atoms with E-state index in [0.29, 0.717) is 5.56 Å². The molecule has 112 valence electrons. The first kappa shape index (κ1) is 15.1. The van der Waals surface area contributed by atoms with Gasteiger partial charge in [-0.05, 0) is 71.0 Å². The summed E-state index contributed by atoms with van der Waals surface area (Å²) in [5, 5.41) is 0. The van der Waals surface area contributed by atoms with Crippen molar-refractivity contribution in [3.8, 4) is 5.75 Å². The zero-order chi connectivity index (χ0) is 15.7. The molecule has 3 nitrogen and oxygen atoms in total. The fourth-order valence-corrected chi connectivity index (χ4v) is 3.24. The van der Waals surface area contributed by atoms with Crippen molar-refractivity contribution in [2.24, 2.45) is 0 Å². The van der Waals surface area contributed by atoms with Crippen molar-refractivity contribution >= 4 is 34.1 Å². The molecule has 3 rings (SSSR count). The van der Waals surface area contributed by atoms with Gasteiger partial charge in [-0.1, -0.05) is 18.2 Å². The number of ether oxygens (including phenoxy) is 2. The van der Waals surface area contributed by atoms with Gasteiger partial charge in [0.25, 0.3) is 0 Å². The Balaban J connectivity index is 2.16. The van der Waals surface area contributed by atoms with Gasteiger partial charge in [0.15, 0.2) is 0 Å². The van der Waals surface area contributed by atoms with Gasteiger partial charge in [0, 0.05) is 9.13 Å². The van der Waals surface area contributed by atoms with Crippen LogP contribution in [0.4, 0.5) is 0 Å². The molecule has 1 aliphatic heterocycles. The molecule has 0 bridgehead atoms. The van der Waals surface area contributed by atoms with Crippen LogP contribution in [0.2, 0.25) is 0 Å². The smallest absolute Gasteiger partial charge is 0.337 e. The van der Waals surface area contributed by atoms with E-state index in [0.717, 1.165) is 26.0 Å². The predicted octanol–water partition coefficient (Wildman–Crippen LogP) is 4.29. The normalized spacial score (nSPS) is 16.3. The van der Waals surface area contributed by atoms with E-state index in [-0.39, 0.29) is 12.1 Å². The predicted molar refractivity (Wildman–Crippen MR) is 94.1 cm³/mol. The summed E-state index contributed by atoms with van der Waals surface area (Å²) in [7, 11) is 1.39. The number of hydrogen-bond acceptors (Lipinski definition) is 3. The van der Waals surface area contributed by atoms with E-state index in [1.165, 1.54) is 7.11 Å². The molecule has 4 heteroatoms. The number of carbonyl (C=O) groups excluding carboxylic acids is 1. The monoisotopic (exact) mass is 406 g/mol. The lowest BCUT2D eigenvalue weighted by Gasteiger charge is -2.24. The lowest BCUT2D eigenvalue weighted by molar-refractivity contribution is 0.0600. The Hall–Kier alpha value is -1.82. The highest BCUT2D eigenvalue weighted by Gasteiger charge is 2.22. The summed E-state index contributed by atoms with van der Waals surface area (Å²) in [5.41, 5.74) is 3.67. The Morgan fingerprint density at radius 2 is 1.95 bits per heavy atom. The van der Waals surface area contributed by atoms with Gasteiger partial charge >= 0.3 is 5.97 Å². The molecule has 0 aromatic heterocycles. The van der Waals surface area contributed by atoms with Crippen molar-refractivity contribution in [3.05, 3.63) is 68.8 Å². The third kappa shape index (κ3) is 2.75. The summed E-state index contributed by atoms with van der Waals surface area (Å²) in [6.07, 6.45) is 2.07. The number of hydrogen-bond donors (Lipinski definition) is 0. The molecule has 0 saturated heterocycles. The van der Waals surface area contributed by atoms with E-state index in [1.54, 1.807) is 6.07 Å². The lowest BCUT2D eigenvalue weighted by atomic mass is 9.92. The average Bonchev–Trinajstić information content (AvgIpc) is 2.53. The highest BCUT2D eigenvalue weighted by Crippen LogP contribution is 2.38. The summed E-state index contributed by atoms with van der Waals surface area (Å²) in [6.45, 7) is 2.01. The summed E-state index contributed by atoms with van der Waals surface area (Å²) in [6, 6.07) is 13.6. The van der Waals surface area contributed by atoms with E-state index < -0.39 is 0 Å². The Morgan fingerprint density at radius 3 is 2.68 bits per heavy atom. The van der Waals surface area contributed by atoms with E-state index in [9.17, 15) is 4.79 Å². The topological polar surface area (TPSA) is 35.5 Å². The maximum absolute atomic E-state index is 11.8. The molecule has 22 heavy (non-hydrogen) atoms. The molecular formula is C18H15IO3. The molecule has 0 N–H and O–H groups in total. The second-order valence-electron chi connectivity index (χ2n) is 5.09. The van der Waals surface area contributed by atoms with Crippen molar-refractivity contribution in [2.75, 3.05) is 7.11 Å². The maximum atomic E-state index is 11.8. The Kier molecular flexibility index (Phi) is 4.20. The largest absolute Gasteiger partial charge is 0.486 e. The number of fused-ring (bicyclic) bond motifs is 1. The van der Waals surface area contributed by atoms with Crippen LogP contribution in [0.5, 0.6) is 5.75 Å². The molecule has 1 heterocycles. The number of benzene rings is 2. The van der Waals surface area contributed by atoms with E-state index in [4.69, 9.17) is 9.47 Å². The molecule has 0 spiro atoms. The molecule has 0 fully saturated rings. The van der Waals surface area contributed by atoms with Crippen LogP contribution >= 0.6 is 22.6 Å². The van der Waals surface area contributed by atoms with Crippen LogP contribution < -0.4 is 4.74 Å². The third-order valence-corrected chi connectivity index (χ3v) is 4.51. The van der Waals surface area contributed by atoms with Crippen LogP contribution in [0, 0.1) is 3.57 Å². The van der Waals surface area contributed by atoms with E-state index in [1.807, 2.05) is 31.2 Å². The summed E-state index contributed by atoms with van der Waals surface area (Å²) >= 11 is 2.32. The average molecular weight is 406 g/mol. The minimum Gasteiger partial charge on any atom is -0.486 e. The third-order valence-electron chi connectivity index (χ3n) is 3.57. The number of carbonyl (C=O) groups is 1. The molecule has 2 aromatic rings. The van der Waals surface area contributed by atoms with E-state index >= 15 is 0 Å². The van der Waals surface area contributed by atoms with Gasteiger partial charge in [-0.3, -0.25) is 0 Å². The molecule has 0 saturated carbocycles. The van der Waals surface area contributed by atoms with Crippen molar-refractivity contribution in [3.63, 3.8) is 0 Å². The van der Waals surface area contributed by atoms with Crippen molar-refractivity contribution in [2.45, 2.75) is 13.0 Å². The SMILES string of the molecule is COC(=O)c1ccc2c(c1)C(c1ccccc1I)=CC(C)O2. The van der Waals surface area contributed by atoms with Gasteiger partial charge in [-0.25, -0.2) is 4.79 Å². The molecule has 0 radical (unpaired) electrons. The Labute approximate surface area is 143 Å². The quantitative estimate of drug-likeness (QED) is 0.552. The zero-order valence-electron chi connectivity index (χ0n) is 12.3. The van der Waals surface area contributed by atoms with Crippen molar-refractivity contribution < 1.29 is 14.3 Å². The summed E-state index contributed by atoms with van der Waals surface area (Å²) in [5.74, 6) is 0.445. The van der Waals surface area contributed by atoms with Crippen molar-refractivity contribution in [1.82, 2.24) is 0 Å². The van der Waals surface area contributed by atoms with Gasteiger partial charge < -0.3 is 9.47 Å². The zero-order valence-corrected chi connectivity index (χ0v) is 14.5. The minimum absolute atomic E-state index is 0.0116. The van der Waals surface area contributed by atoms with E-state index in [2.05, 4.69) is 40.8 Å². The number of methoxy groups -OCH3 is 1. The van der Waals surface area contributed by atoms with Crippen molar-refractivity contribution in [1.29, 1.82) is 0 Å². The van der Waals surface area contributed by atoms with Crippen LogP contribution in [0.3, 0.4) is 0 Å². The molecule has 1 aliphatic rings. The maximum Gasteiger partial charge on any atom is 0.337 e. The number of rotatable bonds is 2. The molecule has 1 atom stereocenters. The van der Waals surface area contributed by atoms with Crippen LogP contribution in [0.15, 0.2) is 48.5 Å². The Bertz CT molecular complexity index is 765. The summed E-state index contributed by atoms with van der Waals surface area (Å²) in [4.78, 5) is 11.8. The van der Waals surface area contributed by atoms with Crippen LogP contribution in [0.25, 0.3) is 5.57 Å². The first-order chi connectivity index (χ1) is 10.6. The van der Waals surface area contributed by atoms with Gasteiger partial charge in [0.2, 0.25) is 0 Å². The molecule has 1 unspecified atom stereocenters. The fourth-order valence-electron chi connectivity index (χ4n) is 2.56. The van der Waals surface area contributed by atoms with Crippen LogP contribution in [-0.2, 0) is 4.74 Å². The lowest BCUT2D eigenvalue weighted by Crippen LogP contribution is -2.16. The van der Waals surface area contributed by atoms with Gasteiger partial charge in [0.05, 0.1) is 12.7 Å². The molecule has 0 amide bonds. The van der Waals surface area contributed by atoms with Gasteiger partial charge in [0.1, 0.15) is 11.9 Å². The van der Waals surface area contributed by atoms with Crippen LogP contribution in [-0.4, -0.2) is 19.2 Å². The highest BCUT2D eigenvalue weighted by molar-refractivity contribution is 14.1. The van der Waals surface area contributed by atoms with Gasteiger partial charge in [-0.15, -0.1) is 0 Å². The first-order valence-electron chi connectivity index (χ1n) is 6.96. The first-order valence-corrected chi connectivity index (χ1v) is 8.04. The number of halogens is 1. The molecule has 0 aliphatic carbocycles. The summed E-state index contributed by atoms with van der Waals surface area (Å²) < 4.78 is 11.8. The van der Waals surface area contributed by atoms with Gasteiger partial charge in [-0.2, -0.15) is 0 Å².